The van der Waals surface area contributed by atoms with E-state index >= 15 is 0 Å². The van der Waals surface area contributed by atoms with E-state index < -0.39 is 0 Å². The Labute approximate surface area is 114 Å². The molecule has 1 amide bonds. The highest BCUT2D eigenvalue weighted by Gasteiger charge is 2.22. The van der Waals surface area contributed by atoms with Crippen molar-refractivity contribution in [3.8, 4) is 5.75 Å². The predicted octanol–water partition coefficient (Wildman–Crippen LogP) is 2.54. The number of nitrogen functional groups attached to an aromatic ring is 1. The highest BCUT2D eigenvalue weighted by molar-refractivity contribution is 5.95. The molecule has 1 aliphatic carbocycles. The zero-order valence-electron chi connectivity index (χ0n) is 11.7. The third-order valence-corrected chi connectivity index (χ3v) is 3.59. The maximum Gasteiger partial charge on any atom is 0.253 e. The van der Waals surface area contributed by atoms with Gasteiger partial charge in [-0.15, -0.1) is 0 Å². The molecule has 1 saturated carbocycles. The average molecular weight is 262 g/mol. The first-order valence-electron chi connectivity index (χ1n) is 6.89. The van der Waals surface area contributed by atoms with Crippen molar-refractivity contribution in [2.45, 2.75) is 26.2 Å². The summed E-state index contributed by atoms with van der Waals surface area (Å²) in [5.74, 6) is 1.34. The number of hydrogen-bond acceptors (Lipinski definition) is 3. The maximum atomic E-state index is 12.3. The molecule has 0 spiro atoms. The van der Waals surface area contributed by atoms with Crippen LogP contribution in [0.1, 0.15) is 36.5 Å². The molecule has 19 heavy (non-hydrogen) atoms. The van der Waals surface area contributed by atoms with Gasteiger partial charge in [0, 0.05) is 30.9 Å². The van der Waals surface area contributed by atoms with E-state index in [4.69, 9.17) is 10.5 Å². The van der Waals surface area contributed by atoms with Gasteiger partial charge in [-0.3, -0.25) is 4.79 Å². The highest BCUT2D eigenvalue weighted by Crippen LogP contribution is 2.27. The lowest BCUT2D eigenvalue weighted by Crippen LogP contribution is -2.34. The third kappa shape index (κ3) is 3.40. The second kappa shape index (κ2) is 5.95. The van der Waals surface area contributed by atoms with Crippen molar-refractivity contribution < 1.29 is 9.53 Å². The molecule has 4 nitrogen and oxygen atoms in total. The van der Waals surface area contributed by atoms with Gasteiger partial charge in [-0.05, 0) is 37.8 Å². The molecule has 1 aliphatic rings. The third-order valence-electron chi connectivity index (χ3n) is 3.59. The van der Waals surface area contributed by atoms with Crippen molar-refractivity contribution in [3.05, 3.63) is 23.8 Å². The summed E-state index contributed by atoms with van der Waals surface area (Å²) in [5, 5.41) is 0. The molecule has 0 atom stereocenters. The molecule has 0 radical (unpaired) electrons. The number of ether oxygens (including phenoxy) is 1. The summed E-state index contributed by atoms with van der Waals surface area (Å²) >= 11 is 0. The van der Waals surface area contributed by atoms with E-state index in [1.807, 2.05) is 14.0 Å². The van der Waals surface area contributed by atoms with Crippen LogP contribution in [-0.2, 0) is 0 Å². The summed E-state index contributed by atoms with van der Waals surface area (Å²) in [7, 11) is 1.85. The van der Waals surface area contributed by atoms with Gasteiger partial charge in [-0.1, -0.05) is 6.42 Å². The van der Waals surface area contributed by atoms with Crippen LogP contribution in [0.4, 0.5) is 5.69 Å². The zero-order valence-corrected chi connectivity index (χ0v) is 11.7. The zero-order chi connectivity index (χ0) is 13.8. The van der Waals surface area contributed by atoms with Crippen molar-refractivity contribution in [1.82, 2.24) is 4.90 Å². The second-order valence-electron chi connectivity index (χ2n) is 5.21. The minimum atomic E-state index is 0.0140. The smallest absolute Gasteiger partial charge is 0.253 e. The Morgan fingerprint density at radius 3 is 2.74 bits per heavy atom. The average Bonchev–Trinajstić information content (AvgIpc) is 2.32. The molecule has 1 aromatic rings. The fourth-order valence-electron chi connectivity index (χ4n) is 2.36. The molecule has 0 unspecified atom stereocenters. The Kier molecular flexibility index (Phi) is 4.30. The van der Waals surface area contributed by atoms with E-state index in [-0.39, 0.29) is 5.91 Å². The van der Waals surface area contributed by atoms with E-state index in [0.717, 1.165) is 6.54 Å². The van der Waals surface area contributed by atoms with E-state index in [0.29, 0.717) is 29.5 Å². The van der Waals surface area contributed by atoms with Gasteiger partial charge in [0.15, 0.2) is 0 Å². The van der Waals surface area contributed by atoms with Gasteiger partial charge in [0.25, 0.3) is 5.91 Å². The molecular formula is C15H22N2O2. The van der Waals surface area contributed by atoms with Crippen molar-refractivity contribution in [2.24, 2.45) is 5.92 Å². The monoisotopic (exact) mass is 262 g/mol. The topological polar surface area (TPSA) is 55.6 Å². The van der Waals surface area contributed by atoms with Gasteiger partial charge in [-0.25, -0.2) is 0 Å². The van der Waals surface area contributed by atoms with E-state index in [9.17, 15) is 4.79 Å². The Hall–Kier alpha value is -1.71. The van der Waals surface area contributed by atoms with Crippen LogP contribution in [0.3, 0.4) is 0 Å². The van der Waals surface area contributed by atoms with Gasteiger partial charge in [0.05, 0.1) is 6.61 Å². The van der Waals surface area contributed by atoms with Crippen LogP contribution < -0.4 is 10.5 Å². The van der Waals surface area contributed by atoms with Crippen LogP contribution in [0.5, 0.6) is 5.75 Å². The summed E-state index contributed by atoms with van der Waals surface area (Å²) < 4.78 is 5.42. The van der Waals surface area contributed by atoms with Crippen LogP contribution >= 0.6 is 0 Å². The van der Waals surface area contributed by atoms with Gasteiger partial charge >= 0.3 is 0 Å². The predicted molar refractivity (Wildman–Crippen MR) is 76.3 cm³/mol. The molecule has 4 heteroatoms. The summed E-state index contributed by atoms with van der Waals surface area (Å²) in [5.41, 5.74) is 6.98. The molecule has 2 N–H and O–H groups in total. The summed E-state index contributed by atoms with van der Waals surface area (Å²) in [6, 6.07) is 5.22. The van der Waals surface area contributed by atoms with Gasteiger partial charge in [-0.2, -0.15) is 0 Å². The van der Waals surface area contributed by atoms with Crippen LogP contribution in [-0.4, -0.2) is 31.0 Å². The Morgan fingerprint density at radius 2 is 2.16 bits per heavy atom. The molecule has 1 fully saturated rings. The Morgan fingerprint density at radius 1 is 1.42 bits per heavy atom. The second-order valence-corrected chi connectivity index (χ2v) is 5.21. The van der Waals surface area contributed by atoms with E-state index in [1.165, 1.54) is 19.3 Å². The molecule has 1 aromatic carbocycles. The van der Waals surface area contributed by atoms with Gasteiger partial charge < -0.3 is 15.4 Å². The number of rotatable bonds is 5. The largest absolute Gasteiger partial charge is 0.494 e. The molecule has 2 rings (SSSR count). The first kappa shape index (κ1) is 13.7. The van der Waals surface area contributed by atoms with Crippen LogP contribution in [0.15, 0.2) is 18.2 Å². The maximum absolute atomic E-state index is 12.3. The lowest BCUT2D eigenvalue weighted by Gasteiger charge is -2.30. The molecule has 0 saturated heterocycles. The summed E-state index contributed by atoms with van der Waals surface area (Å²) in [6.45, 7) is 3.31. The summed E-state index contributed by atoms with van der Waals surface area (Å²) in [6.07, 6.45) is 3.76. The molecular weight excluding hydrogens is 240 g/mol. The quantitative estimate of drug-likeness (QED) is 0.830. The van der Waals surface area contributed by atoms with E-state index in [1.54, 1.807) is 23.1 Å². The number of benzene rings is 1. The number of hydrogen-bond donors (Lipinski definition) is 1. The van der Waals surface area contributed by atoms with Crippen molar-refractivity contribution in [1.29, 1.82) is 0 Å². The van der Waals surface area contributed by atoms with Crippen LogP contribution in [0, 0.1) is 5.92 Å². The lowest BCUT2D eigenvalue weighted by molar-refractivity contribution is 0.0745. The highest BCUT2D eigenvalue weighted by atomic mass is 16.5. The Bertz CT molecular complexity index is 455. The fourth-order valence-corrected chi connectivity index (χ4v) is 2.36. The first-order chi connectivity index (χ1) is 9.10. The number of carbonyl (C=O) groups excluding carboxylic acids is 1. The molecule has 0 bridgehead atoms. The van der Waals surface area contributed by atoms with Crippen molar-refractivity contribution in [2.75, 3.05) is 25.9 Å². The number of anilines is 1. The molecule has 0 heterocycles. The molecule has 104 valence electrons. The van der Waals surface area contributed by atoms with Crippen molar-refractivity contribution in [3.63, 3.8) is 0 Å². The minimum absolute atomic E-state index is 0.0140. The van der Waals surface area contributed by atoms with Gasteiger partial charge in [0.2, 0.25) is 0 Å². The van der Waals surface area contributed by atoms with E-state index in [2.05, 4.69) is 0 Å². The summed E-state index contributed by atoms with van der Waals surface area (Å²) in [4.78, 5) is 14.1. The molecule has 0 aromatic heterocycles. The lowest BCUT2D eigenvalue weighted by atomic mass is 9.85. The first-order valence-corrected chi connectivity index (χ1v) is 6.89. The fraction of sp³-hybridized carbons (Fsp3) is 0.533. The Balaban J connectivity index is 2.08. The SMILES string of the molecule is CCOc1cc(N)cc(C(=O)N(C)CC2CCC2)c1. The normalized spacial score (nSPS) is 14.8. The minimum Gasteiger partial charge on any atom is -0.494 e. The van der Waals surface area contributed by atoms with Crippen molar-refractivity contribution >= 4 is 11.6 Å². The molecule has 0 aliphatic heterocycles. The van der Waals surface area contributed by atoms with Gasteiger partial charge in [0.1, 0.15) is 5.75 Å². The number of amides is 1. The van der Waals surface area contributed by atoms with Crippen LogP contribution in [0.2, 0.25) is 0 Å². The van der Waals surface area contributed by atoms with Crippen LogP contribution in [0.25, 0.3) is 0 Å². The standard InChI is InChI=1S/C15H22N2O2/c1-3-19-14-8-12(7-13(16)9-14)15(18)17(2)10-11-5-4-6-11/h7-9,11H,3-6,10,16H2,1-2H3. The number of carbonyl (C=O) groups is 1. The number of nitrogens with two attached hydrogens (primary N) is 1. The number of nitrogens with zero attached hydrogens (tertiary/aromatic N) is 1.